The van der Waals surface area contributed by atoms with E-state index in [0.29, 0.717) is 0 Å². The summed E-state index contributed by atoms with van der Waals surface area (Å²) >= 11 is 0. The lowest BCUT2D eigenvalue weighted by molar-refractivity contribution is 1.52. The van der Waals surface area contributed by atoms with E-state index in [2.05, 4.69) is 19.7 Å². The van der Waals surface area contributed by atoms with Crippen molar-refractivity contribution in [3.63, 3.8) is 0 Å². The predicted molar refractivity (Wildman–Crippen MR) is 34.9 cm³/mol. The summed E-state index contributed by atoms with van der Waals surface area (Å²) < 4.78 is 0. The lowest BCUT2D eigenvalue weighted by Crippen LogP contribution is -1.63. The molecule has 0 aromatic carbocycles. The Balaban J connectivity index is 0. The van der Waals surface area contributed by atoms with Crippen molar-refractivity contribution in [1.29, 1.82) is 5.41 Å². The number of hydrogen-bond acceptors (Lipinski definition) is 1. The van der Waals surface area contributed by atoms with Crippen LogP contribution in [-0.4, -0.2) is 6.21 Å². The lowest BCUT2D eigenvalue weighted by atomic mass is 10.4. The summed E-state index contributed by atoms with van der Waals surface area (Å²) in [5.41, 5.74) is 0.796. The highest BCUT2D eigenvalue weighted by Gasteiger charge is 1.61. The van der Waals surface area contributed by atoms with E-state index in [1.807, 2.05) is 0 Å². The third-order valence-electron chi connectivity index (χ3n) is 0.246. The molecule has 0 atom stereocenters. The van der Waals surface area contributed by atoms with Crippen molar-refractivity contribution >= 4 is 6.21 Å². The normalized spacial score (nSPS) is 5.29. The topological polar surface area (TPSA) is 23.9 Å². The van der Waals surface area contributed by atoms with Crippen LogP contribution >= 0.6 is 0 Å². The summed E-state index contributed by atoms with van der Waals surface area (Å²) in [7, 11) is 0. The van der Waals surface area contributed by atoms with E-state index in [-0.39, 0.29) is 0 Å². The molecule has 0 heterocycles. The summed E-state index contributed by atoms with van der Waals surface area (Å²) in [6, 6.07) is 0. The van der Waals surface area contributed by atoms with Gasteiger partial charge in [-0.1, -0.05) is 6.58 Å². The quantitative estimate of drug-likeness (QED) is 0.382. The van der Waals surface area contributed by atoms with Crippen molar-refractivity contribution in [1.82, 2.24) is 0 Å². The first-order valence-electron chi connectivity index (χ1n) is 1.93. The fraction of sp³-hybridized carbons (Fsp3) is 0.167. The average Bonchev–Trinajstić information content (AvgIpc) is 1.73. The molecular formula is C6H11N. The second-order valence-electron chi connectivity index (χ2n) is 0.991. The van der Waals surface area contributed by atoms with Crippen LogP contribution in [0.5, 0.6) is 0 Å². The summed E-state index contributed by atoms with van der Waals surface area (Å²) in [6.07, 6.45) is 1.22. The lowest BCUT2D eigenvalue weighted by Gasteiger charge is -1.69. The Morgan fingerprint density at radius 2 is 1.71 bits per heavy atom. The van der Waals surface area contributed by atoms with E-state index >= 15 is 0 Å². The summed E-state index contributed by atoms with van der Waals surface area (Å²) in [5, 5.41) is 6.43. The molecule has 0 radical (unpaired) electrons. The molecule has 40 valence electrons. The molecule has 0 aromatic heterocycles. The molecule has 0 fully saturated rings. The highest BCUT2D eigenvalue weighted by molar-refractivity contribution is 5.73. The molecule has 0 unspecified atom stereocenters. The molecule has 1 N–H and O–H groups in total. The van der Waals surface area contributed by atoms with Gasteiger partial charge in [0, 0.05) is 6.21 Å². The van der Waals surface area contributed by atoms with E-state index in [4.69, 9.17) is 5.41 Å². The summed E-state index contributed by atoms with van der Waals surface area (Å²) in [6.45, 7) is 11.2. The number of allylic oxidation sites excluding steroid dienone is 1. The Bertz CT molecular complexity index is 64.6. The van der Waals surface area contributed by atoms with Gasteiger partial charge in [-0.05, 0) is 12.5 Å². The second-order valence-corrected chi connectivity index (χ2v) is 0.991. The summed E-state index contributed by atoms with van der Waals surface area (Å²) in [5.74, 6) is 0. The number of hydrogen-bond donors (Lipinski definition) is 1. The van der Waals surface area contributed by atoms with Crippen LogP contribution in [0, 0.1) is 5.41 Å². The fourth-order valence-corrected chi connectivity index (χ4v) is 0. The second kappa shape index (κ2) is 8.94. The van der Waals surface area contributed by atoms with Crippen LogP contribution in [-0.2, 0) is 0 Å². The molecule has 1 heteroatoms. The van der Waals surface area contributed by atoms with Gasteiger partial charge in [-0.15, -0.1) is 13.2 Å². The molecule has 0 aliphatic heterocycles. The van der Waals surface area contributed by atoms with E-state index in [1.54, 1.807) is 6.92 Å². The van der Waals surface area contributed by atoms with Gasteiger partial charge in [-0.25, -0.2) is 0 Å². The Morgan fingerprint density at radius 3 is 1.71 bits per heavy atom. The molecule has 0 bridgehead atoms. The zero-order chi connectivity index (χ0) is 6.28. The largest absolute Gasteiger partial charge is 0.309 e. The molecule has 7 heavy (non-hydrogen) atoms. The van der Waals surface area contributed by atoms with Crippen LogP contribution in [0.25, 0.3) is 0 Å². The maximum absolute atomic E-state index is 6.43. The van der Waals surface area contributed by atoms with Crippen molar-refractivity contribution in [2.45, 2.75) is 6.92 Å². The molecular weight excluding hydrogens is 86.1 g/mol. The molecule has 0 aliphatic carbocycles. The van der Waals surface area contributed by atoms with Crippen LogP contribution in [0.1, 0.15) is 6.92 Å². The van der Waals surface area contributed by atoms with E-state index in [1.165, 1.54) is 6.21 Å². The summed E-state index contributed by atoms with van der Waals surface area (Å²) in [4.78, 5) is 0. The molecule has 0 saturated carbocycles. The highest BCUT2D eigenvalue weighted by Crippen LogP contribution is 1.71. The molecule has 0 aliphatic rings. The van der Waals surface area contributed by atoms with Gasteiger partial charge in [-0.3, -0.25) is 0 Å². The third kappa shape index (κ3) is 38.6. The first-order valence-corrected chi connectivity index (χ1v) is 1.93. The zero-order valence-corrected chi connectivity index (χ0v) is 4.70. The van der Waals surface area contributed by atoms with Crippen molar-refractivity contribution in [2.75, 3.05) is 0 Å². The fourth-order valence-electron chi connectivity index (χ4n) is 0. The van der Waals surface area contributed by atoms with Gasteiger partial charge in [0.25, 0.3) is 0 Å². The van der Waals surface area contributed by atoms with E-state index in [9.17, 15) is 0 Å². The molecule has 0 aromatic rings. The first-order chi connectivity index (χ1) is 3.27. The molecule has 0 saturated heterocycles. The van der Waals surface area contributed by atoms with Crippen LogP contribution < -0.4 is 0 Å². The van der Waals surface area contributed by atoms with Crippen LogP contribution in [0.3, 0.4) is 0 Å². The number of nitrogens with one attached hydrogen (secondary N) is 1. The van der Waals surface area contributed by atoms with Crippen LogP contribution in [0.4, 0.5) is 0 Å². The van der Waals surface area contributed by atoms with E-state index < -0.39 is 0 Å². The number of rotatable bonds is 1. The smallest absolute Gasteiger partial charge is 0.0201 e. The van der Waals surface area contributed by atoms with Crippen LogP contribution in [0.2, 0.25) is 0 Å². The van der Waals surface area contributed by atoms with Gasteiger partial charge in [-0.2, -0.15) is 0 Å². The minimum absolute atomic E-state index is 0.796. The van der Waals surface area contributed by atoms with E-state index in [0.717, 1.165) is 5.57 Å². The van der Waals surface area contributed by atoms with Gasteiger partial charge < -0.3 is 5.41 Å². The standard InChI is InChI=1S/C4H7N.C2H4/c1-4(2)3-5;1-2/h3,5H,1H2,2H3;1-2H2. The van der Waals surface area contributed by atoms with Crippen molar-refractivity contribution in [2.24, 2.45) is 0 Å². The third-order valence-corrected chi connectivity index (χ3v) is 0.246. The monoisotopic (exact) mass is 97.1 g/mol. The zero-order valence-electron chi connectivity index (χ0n) is 4.70. The average molecular weight is 97.2 g/mol. The first kappa shape index (κ1) is 9.47. The van der Waals surface area contributed by atoms with Crippen molar-refractivity contribution in [3.8, 4) is 0 Å². The predicted octanol–water partition coefficient (Wildman–Crippen LogP) is 2.01. The molecule has 1 nitrogen and oxygen atoms in total. The maximum Gasteiger partial charge on any atom is 0.0201 e. The van der Waals surface area contributed by atoms with Gasteiger partial charge in [0.05, 0.1) is 0 Å². The minimum Gasteiger partial charge on any atom is -0.309 e. The SMILES string of the molecule is C=C.C=C(C)C=N. The van der Waals surface area contributed by atoms with Crippen LogP contribution in [0.15, 0.2) is 25.3 Å². The Morgan fingerprint density at radius 1 is 1.57 bits per heavy atom. The minimum atomic E-state index is 0.796. The Hall–Kier alpha value is -0.850. The molecule has 0 spiro atoms. The van der Waals surface area contributed by atoms with Gasteiger partial charge in [0.2, 0.25) is 0 Å². The van der Waals surface area contributed by atoms with Crippen molar-refractivity contribution in [3.05, 3.63) is 25.3 Å². The maximum atomic E-state index is 6.43. The van der Waals surface area contributed by atoms with Gasteiger partial charge in [0.15, 0.2) is 0 Å². The molecule has 0 rings (SSSR count). The van der Waals surface area contributed by atoms with Gasteiger partial charge >= 0.3 is 0 Å². The van der Waals surface area contributed by atoms with Gasteiger partial charge in [0.1, 0.15) is 0 Å². The Kier molecular flexibility index (Phi) is 12.1. The highest BCUT2D eigenvalue weighted by atomic mass is 14.3. The Labute approximate surface area is 44.9 Å². The molecule has 0 amide bonds. The van der Waals surface area contributed by atoms with Crippen molar-refractivity contribution < 1.29 is 0 Å².